The predicted molar refractivity (Wildman–Crippen MR) is 98.9 cm³/mol. The zero-order valence-corrected chi connectivity index (χ0v) is 15.8. The lowest BCUT2D eigenvalue weighted by Crippen LogP contribution is -2.43. The summed E-state index contributed by atoms with van der Waals surface area (Å²) in [4.78, 5) is 34.9. The molecule has 3 atom stereocenters. The Kier molecular flexibility index (Phi) is 7.44. The number of carbonyl (C=O) groups is 2. The normalized spacial score (nSPS) is 20.8. The van der Waals surface area contributed by atoms with Crippen molar-refractivity contribution in [2.45, 2.75) is 55.7 Å². The number of ether oxygens (including phenoxy) is 1. The number of nitrogens with one attached hydrogen (secondary N) is 1. The fraction of sp³-hybridized carbons (Fsp3) is 0.556. The number of nitrogens with zero attached hydrogens (tertiary/aromatic N) is 1. The Labute approximate surface area is 157 Å². The van der Waals surface area contributed by atoms with Crippen LogP contribution in [0.2, 0.25) is 0 Å². The van der Waals surface area contributed by atoms with Crippen molar-refractivity contribution in [3.63, 3.8) is 0 Å². The third-order valence-electron chi connectivity index (χ3n) is 4.50. The zero-order chi connectivity index (χ0) is 19.1. The Bertz CT molecular complexity index is 649. The fourth-order valence-corrected chi connectivity index (χ4v) is 3.80. The SMILES string of the molecule is C[C@@H](Sc1ccc([N+](=O)[O-])cc1)C(=O)OCC(=O)N[C@@H]1CCCC[C@@H]1C. The van der Waals surface area contributed by atoms with Gasteiger partial charge in [0.2, 0.25) is 0 Å². The summed E-state index contributed by atoms with van der Waals surface area (Å²) in [7, 11) is 0. The number of carbonyl (C=O) groups excluding carboxylic acids is 2. The molecule has 0 bridgehead atoms. The van der Waals surface area contributed by atoms with Crippen LogP contribution < -0.4 is 5.32 Å². The highest BCUT2D eigenvalue weighted by atomic mass is 32.2. The van der Waals surface area contributed by atoms with Crippen LogP contribution in [-0.4, -0.2) is 34.7 Å². The van der Waals surface area contributed by atoms with E-state index in [4.69, 9.17) is 4.74 Å². The fourth-order valence-electron chi connectivity index (χ4n) is 2.93. The van der Waals surface area contributed by atoms with Crippen molar-refractivity contribution >= 4 is 29.3 Å². The average Bonchev–Trinajstić information content (AvgIpc) is 2.62. The molecule has 2 rings (SSSR count). The zero-order valence-electron chi connectivity index (χ0n) is 15.0. The molecule has 1 aromatic rings. The number of nitro groups is 1. The number of thioether (sulfide) groups is 1. The Morgan fingerprint density at radius 2 is 1.96 bits per heavy atom. The molecule has 1 aliphatic rings. The molecule has 0 radical (unpaired) electrons. The van der Waals surface area contributed by atoms with Gasteiger partial charge >= 0.3 is 5.97 Å². The molecule has 1 amide bonds. The van der Waals surface area contributed by atoms with Gasteiger partial charge in [-0.2, -0.15) is 0 Å². The number of benzene rings is 1. The molecule has 0 aromatic heterocycles. The van der Waals surface area contributed by atoms with Gasteiger partial charge in [-0.3, -0.25) is 19.7 Å². The quantitative estimate of drug-likeness (QED) is 0.337. The molecule has 1 aromatic carbocycles. The Hall–Kier alpha value is -2.09. The van der Waals surface area contributed by atoms with Gasteiger partial charge in [-0.15, -0.1) is 11.8 Å². The first-order valence-electron chi connectivity index (χ1n) is 8.74. The van der Waals surface area contributed by atoms with Gasteiger partial charge in [0, 0.05) is 23.1 Å². The predicted octanol–water partition coefficient (Wildman–Crippen LogP) is 3.31. The van der Waals surface area contributed by atoms with E-state index >= 15 is 0 Å². The number of nitro benzene ring substituents is 1. The van der Waals surface area contributed by atoms with Gasteiger partial charge in [0.15, 0.2) is 6.61 Å². The van der Waals surface area contributed by atoms with Crippen LogP contribution in [0.1, 0.15) is 39.5 Å². The minimum atomic E-state index is -0.516. The molecule has 0 saturated heterocycles. The standard InChI is InChI=1S/C18H24N2O5S/c1-12-5-3-4-6-16(12)19-17(21)11-25-18(22)13(2)26-15-9-7-14(8-10-15)20(23)24/h7-10,12-13,16H,3-6,11H2,1-2H3,(H,19,21)/t12-,13+,16+/m0/s1. The summed E-state index contributed by atoms with van der Waals surface area (Å²) in [5.41, 5.74) is -0.00167. The highest BCUT2D eigenvalue weighted by molar-refractivity contribution is 8.00. The van der Waals surface area contributed by atoms with Crippen LogP contribution in [0.5, 0.6) is 0 Å². The molecule has 1 saturated carbocycles. The van der Waals surface area contributed by atoms with Crippen molar-refractivity contribution < 1.29 is 19.2 Å². The van der Waals surface area contributed by atoms with Gasteiger partial charge in [-0.25, -0.2) is 0 Å². The van der Waals surface area contributed by atoms with Crippen molar-refractivity contribution in [1.29, 1.82) is 0 Å². The molecule has 8 heteroatoms. The topological polar surface area (TPSA) is 98.5 Å². The molecule has 142 valence electrons. The lowest BCUT2D eigenvalue weighted by molar-refractivity contribution is -0.384. The van der Waals surface area contributed by atoms with E-state index in [1.165, 1.54) is 30.3 Å². The molecular weight excluding hydrogens is 356 g/mol. The van der Waals surface area contributed by atoms with Crippen molar-refractivity contribution in [2.24, 2.45) is 5.92 Å². The maximum Gasteiger partial charge on any atom is 0.319 e. The van der Waals surface area contributed by atoms with E-state index in [1.54, 1.807) is 19.1 Å². The van der Waals surface area contributed by atoms with Gasteiger partial charge in [-0.05, 0) is 37.8 Å². The van der Waals surface area contributed by atoms with Crippen LogP contribution in [0.25, 0.3) is 0 Å². The monoisotopic (exact) mass is 380 g/mol. The first kappa shape index (κ1) is 20.2. The van der Waals surface area contributed by atoms with E-state index in [-0.39, 0.29) is 24.2 Å². The minimum absolute atomic E-state index is 0.00167. The lowest BCUT2D eigenvalue weighted by atomic mass is 9.86. The first-order chi connectivity index (χ1) is 12.4. The maximum absolute atomic E-state index is 12.1. The summed E-state index contributed by atoms with van der Waals surface area (Å²) in [6.45, 7) is 3.52. The van der Waals surface area contributed by atoms with Crippen LogP contribution in [0.3, 0.4) is 0 Å². The second-order valence-corrected chi connectivity index (χ2v) is 7.97. The molecular formula is C18H24N2O5S. The van der Waals surface area contributed by atoms with Gasteiger partial charge < -0.3 is 10.1 Å². The van der Waals surface area contributed by atoms with Crippen molar-refractivity contribution in [1.82, 2.24) is 5.32 Å². The Balaban J connectivity index is 1.75. The summed E-state index contributed by atoms with van der Waals surface area (Å²) >= 11 is 1.23. The van der Waals surface area contributed by atoms with Crippen molar-refractivity contribution in [3.8, 4) is 0 Å². The average molecular weight is 380 g/mol. The molecule has 1 N–H and O–H groups in total. The van der Waals surface area contributed by atoms with E-state index < -0.39 is 16.1 Å². The van der Waals surface area contributed by atoms with Crippen LogP contribution in [-0.2, 0) is 14.3 Å². The molecule has 1 aliphatic carbocycles. The van der Waals surface area contributed by atoms with Gasteiger partial charge in [0.25, 0.3) is 11.6 Å². The number of amides is 1. The summed E-state index contributed by atoms with van der Waals surface area (Å²) in [6, 6.07) is 6.10. The smallest absolute Gasteiger partial charge is 0.319 e. The van der Waals surface area contributed by atoms with Gasteiger partial charge in [0.05, 0.1) is 4.92 Å². The third-order valence-corrected chi connectivity index (χ3v) is 5.59. The lowest BCUT2D eigenvalue weighted by Gasteiger charge is -2.29. The Morgan fingerprint density at radius 3 is 2.58 bits per heavy atom. The first-order valence-corrected chi connectivity index (χ1v) is 9.62. The minimum Gasteiger partial charge on any atom is -0.455 e. The number of esters is 1. The van der Waals surface area contributed by atoms with Crippen molar-refractivity contribution in [3.05, 3.63) is 34.4 Å². The summed E-state index contributed by atoms with van der Waals surface area (Å²) < 4.78 is 5.10. The second kappa shape index (κ2) is 9.56. The molecule has 0 unspecified atom stereocenters. The van der Waals surface area contributed by atoms with Crippen LogP contribution in [0.4, 0.5) is 5.69 Å². The Morgan fingerprint density at radius 1 is 1.31 bits per heavy atom. The highest BCUT2D eigenvalue weighted by Gasteiger charge is 2.24. The largest absolute Gasteiger partial charge is 0.455 e. The number of rotatable bonds is 7. The van der Waals surface area contributed by atoms with E-state index in [1.807, 2.05) is 0 Å². The third kappa shape index (κ3) is 6.01. The summed E-state index contributed by atoms with van der Waals surface area (Å²) in [6.07, 6.45) is 4.37. The molecule has 26 heavy (non-hydrogen) atoms. The molecule has 0 heterocycles. The van der Waals surface area contributed by atoms with E-state index in [2.05, 4.69) is 12.2 Å². The van der Waals surface area contributed by atoms with E-state index in [0.29, 0.717) is 5.92 Å². The summed E-state index contributed by atoms with van der Waals surface area (Å²) in [5, 5.41) is 13.1. The maximum atomic E-state index is 12.1. The van der Waals surface area contributed by atoms with Gasteiger partial charge in [0.1, 0.15) is 5.25 Å². The van der Waals surface area contributed by atoms with E-state index in [0.717, 1.165) is 24.2 Å². The number of non-ortho nitro benzene ring substituents is 1. The second-order valence-electron chi connectivity index (χ2n) is 6.55. The van der Waals surface area contributed by atoms with Crippen LogP contribution in [0.15, 0.2) is 29.2 Å². The van der Waals surface area contributed by atoms with Gasteiger partial charge in [-0.1, -0.05) is 19.8 Å². The number of hydrogen-bond donors (Lipinski definition) is 1. The molecule has 7 nitrogen and oxygen atoms in total. The van der Waals surface area contributed by atoms with E-state index in [9.17, 15) is 19.7 Å². The molecule has 1 fully saturated rings. The van der Waals surface area contributed by atoms with Crippen molar-refractivity contribution in [2.75, 3.05) is 6.61 Å². The van der Waals surface area contributed by atoms with Crippen LogP contribution >= 0.6 is 11.8 Å². The van der Waals surface area contributed by atoms with Crippen LogP contribution in [0, 0.1) is 16.0 Å². The molecule has 0 aliphatic heterocycles. The highest BCUT2D eigenvalue weighted by Crippen LogP contribution is 2.26. The summed E-state index contributed by atoms with van der Waals surface area (Å²) in [5.74, 6) is -0.315. The number of hydrogen-bond acceptors (Lipinski definition) is 6. The molecule has 0 spiro atoms.